The zero-order chi connectivity index (χ0) is 14.9. The van der Waals surface area contributed by atoms with Crippen molar-refractivity contribution in [1.82, 2.24) is 9.97 Å². The second-order valence-electron chi connectivity index (χ2n) is 4.58. The summed E-state index contributed by atoms with van der Waals surface area (Å²) in [5, 5.41) is 10.8. The number of nitro groups is 1. The van der Waals surface area contributed by atoms with Gasteiger partial charge in [0, 0.05) is 17.7 Å². The minimum absolute atomic E-state index is 0.0424. The standard InChI is InChI=1S/C13H12BrN3O3/c1-7(2)11-10(14)13(18)16-12(15-11)8-4-3-5-9(6-8)17(19)20/h3-7H,1-2H3,(H,15,16,18). The maximum Gasteiger partial charge on any atom is 0.270 e. The predicted molar refractivity (Wildman–Crippen MR) is 78.7 cm³/mol. The summed E-state index contributed by atoms with van der Waals surface area (Å²) >= 11 is 3.21. The number of aromatic amines is 1. The fourth-order valence-electron chi connectivity index (χ4n) is 1.76. The van der Waals surface area contributed by atoms with Gasteiger partial charge in [0.25, 0.3) is 11.2 Å². The van der Waals surface area contributed by atoms with Gasteiger partial charge in [-0.1, -0.05) is 26.0 Å². The molecule has 7 heteroatoms. The van der Waals surface area contributed by atoms with Gasteiger partial charge in [0.15, 0.2) is 0 Å². The lowest BCUT2D eigenvalue weighted by Crippen LogP contribution is -2.14. The molecule has 6 nitrogen and oxygen atoms in total. The minimum Gasteiger partial charge on any atom is -0.306 e. The molecule has 0 atom stereocenters. The van der Waals surface area contributed by atoms with Crippen LogP contribution in [0.4, 0.5) is 5.69 Å². The molecule has 0 spiro atoms. The van der Waals surface area contributed by atoms with E-state index in [-0.39, 0.29) is 17.2 Å². The van der Waals surface area contributed by atoms with E-state index >= 15 is 0 Å². The van der Waals surface area contributed by atoms with E-state index in [0.717, 1.165) is 0 Å². The van der Waals surface area contributed by atoms with Gasteiger partial charge in [0.05, 0.1) is 10.6 Å². The van der Waals surface area contributed by atoms with Crippen molar-refractivity contribution in [2.75, 3.05) is 0 Å². The highest BCUT2D eigenvalue weighted by Gasteiger charge is 2.14. The van der Waals surface area contributed by atoms with Crippen LogP contribution in [-0.4, -0.2) is 14.9 Å². The van der Waals surface area contributed by atoms with Crippen LogP contribution < -0.4 is 5.56 Å². The van der Waals surface area contributed by atoms with E-state index in [0.29, 0.717) is 21.6 Å². The van der Waals surface area contributed by atoms with Crippen LogP contribution in [0.1, 0.15) is 25.5 Å². The number of non-ortho nitro benzene ring substituents is 1. The molecule has 1 aromatic heterocycles. The average Bonchev–Trinajstić information content (AvgIpc) is 2.41. The lowest BCUT2D eigenvalue weighted by atomic mass is 10.1. The lowest BCUT2D eigenvalue weighted by molar-refractivity contribution is -0.384. The van der Waals surface area contributed by atoms with E-state index in [4.69, 9.17) is 0 Å². The van der Waals surface area contributed by atoms with Gasteiger partial charge in [0.1, 0.15) is 10.3 Å². The molecular formula is C13H12BrN3O3. The van der Waals surface area contributed by atoms with Crippen molar-refractivity contribution >= 4 is 21.6 Å². The summed E-state index contributed by atoms with van der Waals surface area (Å²) < 4.78 is 0.390. The van der Waals surface area contributed by atoms with Crippen LogP contribution in [0.15, 0.2) is 33.5 Å². The van der Waals surface area contributed by atoms with Crippen molar-refractivity contribution in [2.24, 2.45) is 0 Å². The van der Waals surface area contributed by atoms with Crippen molar-refractivity contribution < 1.29 is 4.92 Å². The Morgan fingerprint density at radius 1 is 1.40 bits per heavy atom. The fourth-order valence-corrected chi connectivity index (χ4v) is 2.41. The highest BCUT2D eigenvalue weighted by atomic mass is 79.9. The van der Waals surface area contributed by atoms with Crippen LogP contribution in [0.2, 0.25) is 0 Å². The predicted octanol–water partition coefficient (Wildman–Crippen LogP) is 3.23. The molecule has 2 aromatic rings. The first-order chi connectivity index (χ1) is 9.40. The van der Waals surface area contributed by atoms with Gasteiger partial charge in [-0.05, 0) is 21.8 Å². The fraction of sp³-hybridized carbons (Fsp3) is 0.231. The Morgan fingerprint density at radius 2 is 2.10 bits per heavy atom. The second-order valence-corrected chi connectivity index (χ2v) is 5.37. The van der Waals surface area contributed by atoms with Crippen LogP contribution in [-0.2, 0) is 0 Å². The van der Waals surface area contributed by atoms with Gasteiger partial charge < -0.3 is 4.98 Å². The van der Waals surface area contributed by atoms with E-state index in [1.54, 1.807) is 12.1 Å². The molecule has 0 amide bonds. The molecule has 0 aliphatic heterocycles. The Morgan fingerprint density at radius 3 is 2.70 bits per heavy atom. The molecule has 104 valence electrons. The van der Waals surface area contributed by atoms with Gasteiger partial charge in [-0.15, -0.1) is 0 Å². The maximum atomic E-state index is 11.9. The van der Waals surface area contributed by atoms with Crippen LogP contribution in [0.5, 0.6) is 0 Å². The second kappa shape index (κ2) is 5.54. The quantitative estimate of drug-likeness (QED) is 0.687. The normalized spacial score (nSPS) is 10.8. The number of rotatable bonds is 3. The third-order valence-electron chi connectivity index (χ3n) is 2.77. The van der Waals surface area contributed by atoms with E-state index in [1.807, 2.05) is 13.8 Å². The Balaban J connectivity index is 2.61. The summed E-state index contributed by atoms with van der Waals surface area (Å²) in [4.78, 5) is 29.2. The monoisotopic (exact) mass is 337 g/mol. The molecule has 0 saturated carbocycles. The third-order valence-corrected chi connectivity index (χ3v) is 3.53. The smallest absolute Gasteiger partial charge is 0.270 e. The average molecular weight is 338 g/mol. The van der Waals surface area contributed by atoms with Gasteiger partial charge in [-0.3, -0.25) is 14.9 Å². The number of halogens is 1. The van der Waals surface area contributed by atoms with Crippen LogP contribution >= 0.6 is 15.9 Å². The molecule has 0 unspecified atom stereocenters. The molecule has 2 rings (SSSR count). The number of hydrogen-bond donors (Lipinski definition) is 1. The molecule has 20 heavy (non-hydrogen) atoms. The Kier molecular flexibility index (Phi) is 3.99. The van der Waals surface area contributed by atoms with Gasteiger partial charge >= 0.3 is 0 Å². The van der Waals surface area contributed by atoms with Crippen molar-refractivity contribution in [1.29, 1.82) is 0 Å². The number of nitrogens with one attached hydrogen (secondary N) is 1. The summed E-state index contributed by atoms with van der Waals surface area (Å²) in [6.07, 6.45) is 0. The molecule has 0 radical (unpaired) electrons. The largest absolute Gasteiger partial charge is 0.306 e. The molecule has 1 N–H and O–H groups in total. The Bertz CT molecular complexity index is 725. The topological polar surface area (TPSA) is 88.9 Å². The highest BCUT2D eigenvalue weighted by Crippen LogP contribution is 2.24. The molecular weight excluding hydrogens is 326 g/mol. The van der Waals surface area contributed by atoms with Crippen molar-refractivity contribution in [3.8, 4) is 11.4 Å². The van der Waals surface area contributed by atoms with Crippen LogP contribution in [0, 0.1) is 10.1 Å². The number of aromatic nitrogens is 2. The van der Waals surface area contributed by atoms with Crippen LogP contribution in [0.25, 0.3) is 11.4 Å². The van der Waals surface area contributed by atoms with Crippen molar-refractivity contribution in [3.05, 3.63) is 54.9 Å². The van der Waals surface area contributed by atoms with Gasteiger partial charge in [0.2, 0.25) is 0 Å². The first-order valence-corrected chi connectivity index (χ1v) is 6.74. The van der Waals surface area contributed by atoms with Gasteiger partial charge in [-0.2, -0.15) is 0 Å². The molecule has 0 fully saturated rings. The first-order valence-electron chi connectivity index (χ1n) is 5.94. The SMILES string of the molecule is CC(C)c1nc(-c2cccc([N+](=O)[O-])c2)[nH]c(=O)c1Br. The summed E-state index contributed by atoms with van der Waals surface area (Å²) in [5.41, 5.74) is 0.783. The number of hydrogen-bond acceptors (Lipinski definition) is 4. The summed E-state index contributed by atoms with van der Waals surface area (Å²) in [5.74, 6) is 0.384. The van der Waals surface area contributed by atoms with Crippen molar-refractivity contribution in [2.45, 2.75) is 19.8 Å². The lowest BCUT2D eigenvalue weighted by Gasteiger charge is -2.09. The number of H-pyrrole nitrogens is 1. The van der Waals surface area contributed by atoms with E-state index < -0.39 is 4.92 Å². The Hall–Kier alpha value is -2.02. The minimum atomic E-state index is -0.482. The molecule has 1 heterocycles. The maximum absolute atomic E-state index is 11.9. The summed E-state index contributed by atoms with van der Waals surface area (Å²) in [7, 11) is 0. The van der Waals surface area contributed by atoms with E-state index in [2.05, 4.69) is 25.9 Å². The molecule has 0 aliphatic rings. The summed E-state index contributed by atoms with van der Waals surface area (Å²) in [6, 6.07) is 6.01. The first kappa shape index (κ1) is 14.4. The third kappa shape index (κ3) is 2.77. The number of nitro benzene ring substituents is 1. The number of nitrogens with zero attached hydrogens (tertiary/aromatic N) is 2. The molecule has 0 bridgehead atoms. The van der Waals surface area contributed by atoms with Crippen molar-refractivity contribution in [3.63, 3.8) is 0 Å². The van der Waals surface area contributed by atoms with E-state index in [1.165, 1.54) is 12.1 Å². The van der Waals surface area contributed by atoms with Gasteiger partial charge in [-0.25, -0.2) is 4.98 Å². The zero-order valence-corrected chi connectivity index (χ0v) is 12.5. The molecule has 0 saturated heterocycles. The zero-order valence-electron chi connectivity index (χ0n) is 10.9. The molecule has 0 aliphatic carbocycles. The summed E-state index contributed by atoms with van der Waals surface area (Å²) in [6.45, 7) is 3.84. The van der Waals surface area contributed by atoms with Crippen LogP contribution in [0.3, 0.4) is 0 Å². The number of benzene rings is 1. The molecule has 1 aromatic carbocycles. The highest BCUT2D eigenvalue weighted by molar-refractivity contribution is 9.10. The Labute approximate surface area is 123 Å². The van der Waals surface area contributed by atoms with E-state index in [9.17, 15) is 14.9 Å².